The van der Waals surface area contributed by atoms with Gasteiger partial charge in [0.05, 0.1) is 26.8 Å². The first-order valence-electron chi connectivity index (χ1n) is 8.69. The number of amides is 1. The van der Waals surface area contributed by atoms with E-state index in [1.54, 1.807) is 36.5 Å². The van der Waals surface area contributed by atoms with Crippen LogP contribution in [-0.2, 0) is 0 Å². The topological polar surface area (TPSA) is 81.8 Å². The summed E-state index contributed by atoms with van der Waals surface area (Å²) in [6, 6.07) is 10.3. The molecule has 9 heteroatoms. The number of nitrogens with zero attached hydrogens (tertiary/aromatic N) is 3. The molecule has 0 bridgehead atoms. The molecule has 0 atom stereocenters. The van der Waals surface area contributed by atoms with E-state index in [2.05, 4.69) is 15.0 Å². The van der Waals surface area contributed by atoms with E-state index in [9.17, 15) is 13.6 Å². The molecule has 4 aromatic rings. The lowest BCUT2D eigenvalue weighted by molar-refractivity contribution is 0.0996. The van der Waals surface area contributed by atoms with Gasteiger partial charge in [0, 0.05) is 17.3 Å². The quantitative estimate of drug-likeness (QED) is 0.436. The summed E-state index contributed by atoms with van der Waals surface area (Å²) in [7, 11) is 0. The zero-order valence-electron chi connectivity index (χ0n) is 15.5. The van der Waals surface area contributed by atoms with E-state index < -0.39 is 23.1 Å². The van der Waals surface area contributed by atoms with Gasteiger partial charge < -0.3 is 5.73 Å². The maximum Gasteiger partial charge on any atom is 0.251 e. The lowest BCUT2D eigenvalue weighted by Gasteiger charge is -2.09. The van der Waals surface area contributed by atoms with Crippen LogP contribution in [0.5, 0.6) is 0 Å². The van der Waals surface area contributed by atoms with Gasteiger partial charge in [-0.2, -0.15) is 0 Å². The fraction of sp³-hybridized carbons (Fsp3) is 0.0476. The molecular formula is C21H13ClF2N4OS. The van der Waals surface area contributed by atoms with Gasteiger partial charge in [0.2, 0.25) is 5.28 Å². The largest absolute Gasteiger partial charge is 0.366 e. The van der Waals surface area contributed by atoms with Gasteiger partial charge in [0.25, 0.3) is 5.91 Å². The molecule has 0 unspecified atom stereocenters. The van der Waals surface area contributed by atoms with Crippen molar-refractivity contribution in [3.05, 3.63) is 76.2 Å². The average Bonchev–Trinajstić information content (AvgIpc) is 3.11. The van der Waals surface area contributed by atoms with Gasteiger partial charge in [-0.3, -0.25) is 4.79 Å². The number of primary amides is 1. The second-order valence-electron chi connectivity index (χ2n) is 6.38. The molecule has 4 rings (SSSR count). The molecule has 0 spiro atoms. The van der Waals surface area contributed by atoms with Crippen molar-refractivity contribution >= 4 is 28.8 Å². The van der Waals surface area contributed by atoms with Crippen molar-refractivity contribution in [2.45, 2.75) is 6.92 Å². The Bertz CT molecular complexity index is 1290. The first-order chi connectivity index (χ1) is 14.3. The molecule has 0 aliphatic heterocycles. The number of carbonyl (C=O) groups excluding carboxylic acids is 1. The molecule has 2 aromatic carbocycles. The van der Waals surface area contributed by atoms with Crippen LogP contribution in [0.2, 0.25) is 5.28 Å². The summed E-state index contributed by atoms with van der Waals surface area (Å²) in [5.74, 6) is -2.67. The predicted octanol–water partition coefficient (Wildman–Crippen LogP) is 5.27. The molecule has 0 aliphatic carbocycles. The Hall–Kier alpha value is -3.23. The SMILES string of the molecule is Cc1nc(-c2cccc(-c3cc(F)cc(C(N)=O)c3F)c2)c(-c2ccnc(Cl)n2)s1. The van der Waals surface area contributed by atoms with Crippen molar-refractivity contribution in [1.29, 1.82) is 0 Å². The van der Waals surface area contributed by atoms with E-state index in [0.29, 0.717) is 22.5 Å². The third-order valence-electron chi connectivity index (χ3n) is 4.34. The minimum atomic E-state index is -1.04. The van der Waals surface area contributed by atoms with Gasteiger partial charge >= 0.3 is 0 Å². The van der Waals surface area contributed by atoms with Crippen LogP contribution in [0, 0.1) is 18.6 Å². The molecule has 150 valence electrons. The second kappa shape index (κ2) is 7.89. The van der Waals surface area contributed by atoms with Gasteiger partial charge in [-0.25, -0.2) is 23.7 Å². The summed E-state index contributed by atoms with van der Waals surface area (Å²) in [6.45, 7) is 1.86. The molecule has 5 nitrogen and oxygen atoms in total. The molecule has 2 N–H and O–H groups in total. The van der Waals surface area contributed by atoms with Crippen molar-refractivity contribution in [1.82, 2.24) is 15.0 Å². The van der Waals surface area contributed by atoms with Gasteiger partial charge in [-0.1, -0.05) is 18.2 Å². The number of aromatic nitrogens is 3. The highest BCUT2D eigenvalue weighted by molar-refractivity contribution is 7.15. The van der Waals surface area contributed by atoms with E-state index >= 15 is 0 Å². The van der Waals surface area contributed by atoms with E-state index in [4.69, 9.17) is 17.3 Å². The fourth-order valence-electron chi connectivity index (χ4n) is 3.07. The third kappa shape index (κ3) is 3.79. The maximum atomic E-state index is 14.8. The van der Waals surface area contributed by atoms with Crippen molar-refractivity contribution in [2.75, 3.05) is 0 Å². The Morgan fingerprint density at radius 3 is 2.60 bits per heavy atom. The number of thiazole rings is 1. The summed E-state index contributed by atoms with van der Waals surface area (Å²) in [4.78, 5) is 24.9. The number of nitrogens with two attached hydrogens (primary N) is 1. The van der Waals surface area contributed by atoms with Crippen molar-refractivity contribution in [3.63, 3.8) is 0 Å². The van der Waals surface area contributed by atoms with E-state index in [1.165, 1.54) is 11.3 Å². The summed E-state index contributed by atoms with van der Waals surface area (Å²) < 4.78 is 28.8. The number of halogens is 3. The van der Waals surface area contributed by atoms with Gasteiger partial charge in [-0.05, 0) is 48.4 Å². The number of benzene rings is 2. The highest BCUT2D eigenvalue weighted by Gasteiger charge is 2.19. The molecule has 2 aromatic heterocycles. The molecule has 0 radical (unpaired) electrons. The van der Waals surface area contributed by atoms with Crippen molar-refractivity contribution in [2.24, 2.45) is 5.73 Å². The van der Waals surface area contributed by atoms with E-state index in [0.717, 1.165) is 22.0 Å². The standard InChI is InChI=1S/C21H13ClF2N4OS/c1-10-27-18(19(30-10)16-5-6-26-21(22)28-16)12-4-2-3-11(7-12)14-8-13(23)9-15(17(14)24)20(25)29/h2-9H,1H3,(H2,25,29). The third-order valence-corrected chi connectivity index (χ3v) is 5.52. The van der Waals surface area contributed by atoms with Crippen LogP contribution in [0.3, 0.4) is 0 Å². The Kier molecular flexibility index (Phi) is 5.27. The Balaban J connectivity index is 1.87. The molecule has 0 saturated carbocycles. The first-order valence-corrected chi connectivity index (χ1v) is 9.89. The number of hydrogen-bond acceptors (Lipinski definition) is 5. The Labute approximate surface area is 179 Å². The summed E-state index contributed by atoms with van der Waals surface area (Å²) in [6.07, 6.45) is 1.55. The normalized spacial score (nSPS) is 10.9. The summed E-state index contributed by atoms with van der Waals surface area (Å²) >= 11 is 7.35. The smallest absolute Gasteiger partial charge is 0.251 e. The lowest BCUT2D eigenvalue weighted by Crippen LogP contribution is -2.14. The minimum absolute atomic E-state index is 0.0655. The van der Waals surface area contributed by atoms with Gasteiger partial charge in [0.1, 0.15) is 11.6 Å². The Morgan fingerprint density at radius 1 is 1.10 bits per heavy atom. The number of rotatable bonds is 4. The van der Waals surface area contributed by atoms with Crippen LogP contribution in [0.15, 0.2) is 48.7 Å². The summed E-state index contributed by atoms with van der Waals surface area (Å²) in [5.41, 5.74) is 6.89. The minimum Gasteiger partial charge on any atom is -0.366 e. The van der Waals surface area contributed by atoms with E-state index in [1.807, 2.05) is 6.92 Å². The summed E-state index contributed by atoms with van der Waals surface area (Å²) in [5, 5.41) is 0.909. The number of carbonyl (C=O) groups is 1. The zero-order chi connectivity index (χ0) is 21.4. The number of aryl methyl sites for hydroxylation is 1. The highest BCUT2D eigenvalue weighted by atomic mass is 35.5. The first kappa shape index (κ1) is 20.1. The van der Waals surface area contributed by atoms with Crippen molar-refractivity contribution in [3.8, 4) is 33.0 Å². The zero-order valence-corrected chi connectivity index (χ0v) is 17.1. The van der Waals surface area contributed by atoms with Gasteiger partial charge in [-0.15, -0.1) is 11.3 Å². The van der Waals surface area contributed by atoms with E-state index in [-0.39, 0.29) is 10.8 Å². The van der Waals surface area contributed by atoms with Crippen LogP contribution in [0.25, 0.3) is 33.0 Å². The molecule has 0 saturated heterocycles. The molecule has 1 amide bonds. The number of hydrogen-bond donors (Lipinski definition) is 1. The molecule has 0 fully saturated rings. The van der Waals surface area contributed by atoms with Crippen LogP contribution in [0.1, 0.15) is 15.4 Å². The average molecular weight is 443 g/mol. The highest BCUT2D eigenvalue weighted by Crippen LogP contribution is 2.37. The van der Waals surface area contributed by atoms with Gasteiger partial charge in [0.15, 0.2) is 0 Å². The predicted molar refractivity (Wildman–Crippen MR) is 112 cm³/mol. The monoisotopic (exact) mass is 442 g/mol. The molecule has 0 aliphatic rings. The second-order valence-corrected chi connectivity index (χ2v) is 7.92. The lowest BCUT2D eigenvalue weighted by atomic mass is 9.98. The van der Waals surface area contributed by atoms with Crippen LogP contribution in [0.4, 0.5) is 8.78 Å². The van der Waals surface area contributed by atoms with Crippen LogP contribution >= 0.6 is 22.9 Å². The van der Waals surface area contributed by atoms with Crippen LogP contribution < -0.4 is 5.73 Å². The van der Waals surface area contributed by atoms with Crippen LogP contribution in [-0.4, -0.2) is 20.9 Å². The maximum absolute atomic E-state index is 14.8. The molecular weight excluding hydrogens is 430 g/mol. The van der Waals surface area contributed by atoms with Crippen molar-refractivity contribution < 1.29 is 13.6 Å². The molecule has 30 heavy (non-hydrogen) atoms. The fourth-order valence-corrected chi connectivity index (χ4v) is 4.13. The Morgan fingerprint density at radius 2 is 1.87 bits per heavy atom. The molecule has 2 heterocycles.